The van der Waals surface area contributed by atoms with E-state index in [0.717, 1.165) is 0 Å². The van der Waals surface area contributed by atoms with E-state index in [1.807, 2.05) is 13.8 Å². The van der Waals surface area contributed by atoms with E-state index in [2.05, 4.69) is 0 Å². The molecule has 0 aromatic heterocycles. The molecule has 0 radical (unpaired) electrons. The van der Waals surface area contributed by atoms with Crippen LogP contribution in [0.3, 0.4) is 0 Å². The Labute approximate surface area is 82.7 Å². The van der Waals surface area contributed by atoms with Crippen LogP contribution in [0.1, 0.15) is 27.2 Å². The highest BCUT2D eigenvalue weighted by Gasteiger charge is 2.38. The molecule has 0 bridgehead atoms. The summed E-state index contributed by atoms with van der Waals surface area (Å²) in [5.41, 5.74) is -1.71. The van der Waals surface area contributed by atoms with E-state index >= 15 is 0 Å². The fraction of sp³-hybridized carbons (Fsp3) is 1.00. The van der Waals surface area contributed by atoms with Crippen molar-refractivity contribution in [2.45, 2.75) is 45.0 Å². The second-order valence-electron chi connectivity index (χ2n) is 4.30. The van der Waals surface area contributed by atoms with E-state index in [1.54, 1.807) is 11.9 Å². The van der Waals surface area contributed by atoms with Crippen molar-refractivity contribution in [3.63, 3.8) is 0 Å². The van der Waals surface area contributed by atoms with Gasteiger partial charge in [0.1, 0.15) is 0 Å². The van der Waals surface area contributed by atoms with Gasteiger partial charge in [-0.3, -0.25) is 0 Å². The zero-order chi connectivity index (χ0) is 11.6. The van der Waals surface area contributed by atoms with E-state index in [0.29, 0.717) is 0 Å². The number of alkyl halides is 3. The second kappa shape index (κ2) is 4.49. The molecule has 0 aliphatic rings. The molecule has 0 aromatic rings. The summed E-state index contributed by atoms with van der Waals surface area (Å²) in [6, 6.07) is 0.120. The van der Waals surface area contributed by atoms with Crippen molar-refractivity contribution in [1.82, 2.24) is 4.90 Å². The van der Waals surface area contributed by atoms with Crippen molar-refractivity contribution < 1.29 is 18.3 Å². The van der Waals surface area contributed by atoms with Crippen molar-refractivity contribution >= 4 is 0 Å². The first-order valence-corrected chi connectivity index (χ1v) is 4.53. The molecule has 0 rings (SSSR count). The highest BCUT2D eigenvalue weighted by atomic mass is 19.4. The Balaban J connectivity index is 4.20. The molecule has 0 saturated heterocycles. The van der Waals surface area contributed by atoms with Gasteiger partial charge in [0, 0.05) is 12.6 Å². The molecule has 0 amide bonds. The number of likely N-dealkylation sites (N-methyl/N-ethyl adjacent to an activating group) is 1. The van der Waals surface area contributed by atoms with Crippen molar-refractivity contribution in [3.05, 3.63) is 0 Å². The van der Waals surface area contributed by atoms with Gasteiger partial charge in [-0.1, -0.05) is 0 Å². The molecular weight excluding hydrogens is 195 g/mol. The van der Waals surface area contributed by atoms with Gasteiger partial charge in [0.15, 0.2) is 0 Å². The van der Waals surface area contributed by atoms with Crippen LogP contribution in [0.25, 0.3) is 0 Å². The highest BCUT2D eigenvalue weighted by Crippen LogP contribution is 2.27. The molecule has 86 valence electrons. The smallest absolute Gasteiger partial charge is 0.388 e. The Morgan fingerprint density at radius 1 is 1.29 bits per heavy atom. The molecule has 1 N–H and O–H groups in total. The monoisotopic (exact) mass is 213 g/mol. The maximum atomic E-state index is 12.0. The summed E-state index contributed by atoms with van der Waals surface area (Å²) in [4.78, 5) is 1.69. The van der Waals surface area contributed by atoms with Crippen LogP contribution in [-0.2, 0) is 0 Å². The summed E-state index contributed by atoms with van der Waals surface area (Å²) in [5.74, 6) is 0. The standard InChI is InChI=1S/C9H18F3NO/c1-7(2)13(4)6-8(3,14)5-9(10,11)12/h7,14H,5-6H2,1-4H3. The van der Waals surface area contributed by atoms with Gasteiger partial charge in [0.05, 0.1) is 12.0 Å². The fourth-order valence-corrected chi connectivity index (χ4v) is 1.21. The lowest BCUT2D eigenvalue weighted by Crippen LogP contribution is -2.44. The molecule has 5 heteroatoms. The zero-order valence-corrected chi connectivity index (χ0v) is 9.02. The largest absolute Gasteiger partial charge is 0.391 e. The predicted molar refractivity (Wildman–Crippen MR) is 49.1 cm³/mol. The fourth-order valence-electron chi connectivity index (χ4n) is 1.21. The van der Waals surface area contributed by atoms with Gasteiger partial charge in [-0.25, -0.2) is 0 Å². The Kier molecular flexibility index (Phi) is 4.39. The number of nitrogens with zero attached hydrogens (tertiary/aromatic N) is 1. The van der Waals surface area contributed by atoms with Crippen LogP contribution in [0.4, 0.5) is 13.2 Å². The van der Waals surface area contributed by atoms with Crippen LogP contribution in [0.2, 0.25) is 0 Å². The molecule has 0 saturated carbocycles. The first-order chi connectivity index (χ1) is 6.03. The molecular formula is C9H18F3NO. The normalized spacial score (nSPS) is 17.6. The summed E-state index contributed by atoms with van der Waals surface area (Å²) in [5, 5.41) is 9.51. The number of aliphatic hydroxyl groups is 1. The maximum Gasteiger partial charge on any atom is 0.391 e. The summed E-state index contributed by atoms with van der Waals surface area (Å²) in [6.07, 6.45) is -5.49. The topological polar surface area (TPSA) is 23.5 Å². The van der Waals surface area contributed by atoms with E-state index in [4.69, 9.17) is 0 Å². The Morgan fingerprint density at radius 3 is 2.00 bits per heavy atom. The van der Waals surface area contributed by atoms with Crippen molar-refractivity contribution in [2.75, 3.05) is 13.6 Å². The molecule has 0 fully saturated rings. The molecule has 1 unspecified atom stereocenters. The third-order valence-corrected chi connectivity index (χ3v) is 2.05. The molecule has 0 aliphatic carbocycles. The lowest BCUT2D eigenvalue weighted by atomic mass is 10.0. The van der Waals surface area contributed by atoms with Gasteiger partial charge in [-0.2, -0.15) is 13.2 Å². The summed E-state index contributed by atoms with van der Waals surface area (Å²) in [7, 11) is 1.69. The quantitative estimate of drug-likeness (QED) is 0.772. The molecule has 2 nitrogen and oxygen atoms in total. The zero-order valence-electron chi connectivity index (χ0n) is 9.02. The SMILES string of the molecule is CC(C)N(C)CC(C)(O)CC(F)(F)F. The molecule has 1 atom stereocenters. The predicted octanol–water partition coefficient (Wildman–Crippen LogP) is 2.03. The number of hydrogen-bond acceptors (Lipinski definition) is 2. The van der Waals surface area contributed by atoms with Crippen LogP contribution < -0.4 is 0 Å². The number of hydrogen-bond donors (Lipinski definition) is 1. The lowest BCUT2D eigenvalue weighted by molar-refractivity contribution is -0.175. The Hall–Kier alpha value is -0.290. The minimum Gasteiger partial charge on any atom is -0.388 e. The third-order valence-electron chi connectivity index (χ3n) is 2.05. The van der Waals surface area contributed by atoms with Gasteiger partial charge < -0.3 is 10.0 Å². The molecule has 0 aliphatic heterocycles. The van der Waals surface area contributed by atoms with Crippen LogP contribution >= 0.6 is 0 Å². The molecule has 0 heterocycles. The van der Waals surface area contributed by atoms with E-state index in [9.17, 15) is 18.3 Å². The van der Waals surface area contributed by atoms with Crippen LogP contribution in [0.15, 0.2) is 0 Å². The average molecular weight is 213 g/mol. The van der Waals surface area contributed by atoms with E-state index < -0.39 is 18.2 Å². The first-order valence-electron chi connectivity index (χ1n) is 4.53. The van der Waals surface area contributed by atoms with Gasteiger partial charge in [-0.05, 0) is 27.8 Å². The second-order valence-corrected chi connectivity index (χ2v) is 4.30. The van der Waals surface area contributed by atoms with Crippen molar-refractivity contribution in [1.29, 1.82) is 0 Å². The number of rotatable bonds is 4. The van der Waals surface area contributed by atoms with Gasteiger partial charge >= 0.3 is 6.18 Å². The number of halogens is 3. The third kappa shape index (κ3) is 6.21. The van der Waals surface area contributed by atoms with Gasteiger partial charge in [-0.15, -0.1) is 0 Å². The summed E-state index contributed by atoms with van der Waals surface area (Å²) >= 11 is 0. The summed E-state index contributed by atoms with van der Waals surface area (Å²) < 4.78 is 36.1. The molecule has 0 aromatic carbocycles. The maximum absolute atomic E-state index is 12.0. The first kappa shape index (κ1) is 13.7. The minimum atomic E-state index is -4.32. The highest BCUT2D eigenvalue weighted by molar-refractivity contribution is 4.80. The molecule has 0 spiro atoms. The van der Waals surface area contributed by atoms with Gasteiger partial charge in [0.25, 0.3) is 0 Å². The molecule has 14 heavy (non-hydrogen) atoms. The van der Waals surface area contributed by atoms with Crippen LogP contribution in [-0.4, -0.2) is 41.4 Å². The lowest BCUT2D eigenvalue weighted by Gasteiger charge is -2.31. The van der Waals surface area contributed by atoms with Crippen LogP contribution in [0, 0.1) is 0 Å². The van der Waals surface area contributed by atoms with E-state index in [-0.39, 0.29) is 12.6 Å². The summed E-state index contributed by atoms with van der Waals surface area (Å²) in [6.45, 7) is 4.96. The Morgan fingerprint density at radius 2 is 1.71 bits per heavy atom. The van der Waals surface area contributed by atoms with Crippen molar-refractivity contribution in [2.24, 2.45) is 0 Å². The Bertz CT molecular complexity index is 177. The minimum absolute atomic E-state index is 0.0180. The van der Waals surface area contributed by atoms with Gasteiger partial charge in [0.2, 0.25) is 0 Å². The van der Waals surface area contributed by atoms with E-state index in [1.165, 1.54) is 6.92 Å². The van der Waals surface area contributed by atoms with Crippen LogP contribution in [0.5, 0.6) is 0 Å². The van der Waals surface area contributed by atoms with Crippen molar-refractivity contribution in [3.8, 4) is 0 Å². The average Bonchev–Trinajstić information content (AvgIpc) is 1.78.